The number of nitrogens with one attached hydrogen (secondary N) is 1. The molecule has 2 amide bonds. The summed E-state index contributed by atoms with van der Waals surface area (Å²) in [5.41, 5.74) is 2.71. The van der Waals surface area contributed by atoms with Gasteiger partial charge in [0, 0.05) is 18.5 Å². The van der Waals surface area contributed by atoms with Gasteiger partial charge in [-0.25, -0.2) is 4.79 Å². The molecule has 11 heteroatoms. The van der Waals surface area contributed by atoms with Crippen LogP contribution in [0.5, 0.6) is 11.8 Å². The van der Waals surface area contributed by atoms with Crippen molar-refractivity contribution in [2.45, 2.75) is 63.1 Å². The lowest BCUT2D eigenvalue weighted by molar-refractivity contribution is -0.141. The number of esters is 1. The molecule has 2 unspecified atom stereocenters. The highest BCUT2D eigenvalue weighted by molar-refractivity contribution is 6.01. The molecule has 0 spiro atoms. The topological polar surface area (TPSA) is 120 Å². The Morgan fingerprint density at radius 1 is 0.979 bits per heavy atom. The number of benzene rings is 3. The second-order valence-electron chi connectivity index (χ2n) is 13.6. The maximum Gasteiger partial charge on any atom is 0.325 e. The molecule has 250 valence electrons. The van der Waals surface area contributed by atoms with Crippen molar-refractivity contribution >= 4 is 39.5 Å². The molecule has 11 nitrogen and oxygen atoms in total. The Labute approximate surface area is 279 Å². The van der Waals surface area contributed by atoms with Crippen molar-refractivity contribution in [3.63, 3.8) is 0 Å². The van der Waals surface area contributed by atoms with Gasteiger partial charge in [-0.1, -0.05) is 30.3 Å². The lowest BCUT2D eigenvalue weighted by atomic mass is 9.95. The molecule has 0 radical (unpaired) electrons. The molecule has 2 atom stereocenters. The minimum absolute atomic E-state index is 0.0114. The summed E-state index contributed by atoms with van der Waals surface area (Å²) in [7, 11) is 0. The van der Waals surface area contributed by atoms with Gasteiger partial charge in [0.05, 0.1) is 29.7 Å². The van der Waals surface area contributed by atoms with E-state index in [1.807, 2.05) is 23.1 Å². The number of aromatic hydroxyl groups is 1. The number of anilines is 1. The Balaban J connectivity index is 1.13. The number of carbonyl (C=O) groups is 2. The first-order chi connectivity index (χ1) is 23.4. The van der Waals surface area contributed by atoms with Gasteiger partial charge in [0.25, 0.3) is 0 Å². The summed E-state index contributed by atoms with van der Waals surface area (Å²) >= 11 is 0. The average molecular weight is 651 g/mol. The minimum atomic E-state index is -0.437. The third-order valence-corrected chi connectivity index (χ3v) is 10.8. The Morgan fingerprint density at radius 2 is 1.75 bits per heavy atom. The van der Waals surface area contributed by atoms with E-state index in [0.717, 1.165) is 77.4 Å². The molecule has 48 heavy (non-hydrogen) atoms. The molecule has 2 bridgehead atoms. The summed E-state index contributed by atoms with van der Waals surface area (Å²) < 4.78 is 11.5. The fourth-order valence-electron chi connectivity index (χ4n) is 8.62. The second-order valence-corrected chi connectivity index (χ2v) is 13.6. The van der Waals surface area contributed by atoms with Crippen LogP contribution in [0.4, 0.5) is 10.6 Å². The van der Waals surface area contributed by atoms with Crippen molar-refractivity contribution in [3.05, 3.63) is 54.6 Å². The molecule has 2 N–H and O–H groups in total. The summed E-state index contributed by atoms with van der Waals surface area (Å²) in [5, 5.41) is 16.3. The lowest BCUT2D eigenvalue weighted by Crippen LogP contribution is -2.58. The number of amides is 2. The molecule has 0 saturated carbocycles. The normalized spacial score (nSPS) is 21.5. The maximum absolute atomic E-state index is 13.2. The van der Waals surface area contributed by atoms with E-state index in [9.17, 15) is 14.7 Å². The smallest absolute Gasteiger partial charge is 0.325 e. The summed E-state index contributed by atoms with van der Waals surface area (Å²) in [4.78, 5) is 41.9. The van der Waals surface area contributed by atoms with E-state index in [1.54, 1.807) is 19.1 Å². The van der Waals surface area contributed by atoms with Crippen molar-refractivity contribution in [1.82, 2.24) is 25.1 Å². The molecule has 3 aromatic carbocycles. The Bertz CT molecular complexity index is 1860. The number of aromatic nitrogens is 2. The molecule has 4 aliphatic rings. The number of ether oxygens (including phenoxy) is 2. The van der Waals surface area contributed by atoms with E-state index in [-0.39, 0.29) is 42.6 Å². The van der Waals surface area contributed by atoms with E-state index in [4.69, 9.17) is 19.4 Å². The molecule has 4 aromatic rings. The first kappa shape index (κ1) is 30.7. The van der Waals surface area contributed by atoms with Crippen molar-refractivity contribution < 1.29 is 24.2 Å². The second kappa shape index (κ2) is 12.4. The van der Waals surface area contributed by atoms with Gasteiger partial charge >= 0.3 is 18.0 Å². The molecule has 1 aromatic heterocycles. The van der Waals surface area contributed by atoms with E-state index in [2.05, 4.69) is 39.4 Å². The van der Waals surface area contributed by atoms with Crippen molar-refractivity contribution in [3.8, 4) is 22.9 Å². The highest BCUT2D eigenvalue weighted by atomic mass is 16.5. The summed E-state index contributed by atoms with van der Waals surface area (Å²) in [5.74, 6) is 0.582. The zero-order valence-electron chi connectivity index (χ0n) is 27.4. The van der Waals surface area contributed by atoms with Gasteiger partial charge in [-0.05, 0) is 105 Å². The van der Waals surface area contributed by atoms with Crippen LogP contribution in [-0.2, 0) is 9.53 Å². The van der Waals surface area contributed by atoms with Crippen LogP contribution in [0.2, 0.25) is 0 Å². The fraction of sp³-hybridized carbons (Fsp3) is 0.459. The van der Waals surface area contributed by atoms with Crippen LogP contribution in [0.15, 0.2) is 54.6 Å². The minimum Gasteiger partial charge on any atom is -0.508 e. The molecule has 8 rings (SSSR count). The van der Waals surface area contributed by atoms with Gasteiger partial charge in [-0.15, -0.1) is 0 Å². The number of phenols is 1. The molecular formula is C37H42N6O5. The van der Waals surface area contributed by atoms with Gasteiger partial charge in [-0.3, -0.25) is 9.69 Å². The van der Waals surface area contributed by atoms with E-state index >= 15 is 0 Å². The van der Waals surface area contributed by atoms with Gasteiger partial charge in [0.2, 0.25) is 0 Å². The Kier molecular flexibility index (Phi) is 7.94. The highest BCUT2D eigenvalue weighted by Crippen LogP contribution is 2.41. The largest absolute Gasteiger partial charge is 0.508 e. The van der Waals surface area contributed by atoms with Crippen molar-refractivity contribution in [1.29, 1.82) is 0 Å². The molecule has 4 fully saturated rings. The predicted molar refractivity (Wildman–Crippen MR) is 183 cm³/mol. The molecule has 5 heterocycles. The zero-order valence-corrected chi connectivity index (χ0v) is 27.4. The number of hydrogen-bond donors (Lipinski definition) is 2. The van der Waals surface area contributed by atoms with Gasteiger partial charge in [0.1, 0.15) is 24.7 Å². The Hall–Kier alpha value is -4.64. The molecule has 4 aliphatic heterocycles. The highest BCUT2D eigenvalue weighted by Gasteiger charge is 2.46. The Morgan fingerprint density at radius 3 is 2.52 bits per heavy atom. The summed E-state index contributed by atoms with van der Waals surface area (Å²) in [6.07, 6.45) is 6.40. The first-order valence-corrected chi connectivity index (χ1v) is 17.3. The van der Waals surface area contributed by atoms with Crippen LogP contribution in [0.25, 0.3) is 32.8 Å². The van der Waals surface area contributed by atoms with Crippen LogP contribution in [0.3, 0.4) is 0 Å². The third-order valence-electron chi connectivity index (χ3n) is 10.8. The fourth-order valence-corrected chi connectivity index (χ4v) is 8.62. The summed E-state index contributed by atoms with van der Waals surface area (Å²) in [6, 6.07) is 18.0. The number of phenolic OH excluding ortho intramolecular Hbond substituents is 1. The number of nitrogens with zero attached hydrogens (tertiary/aromatic N) is 5. The average Bonchev–Trinajstić information content (AvgIpc) is 3.76. The predicted octanol–water partition coefficient (Wildman–Crippen LogP) is 5.09. The number of piperazine rings is 1. The lowest BCUT2D eigenvalue weighted by Gasteiger charge is -2.41. The molecule has 0 aliphatic carbocycles. The van der Waals surface area contributed by atoms with Crippen LogP contribution in [0, 0.1) is 0 Å². The van der Waals surface area contributed by atoms with Crippen molar-refractivity contribution in [2.75, 3.05) is 50.8 Å². The summed E-state index contributed by atoms with van der Waals surface area (Å²) in [6.45, 7) is 5.93. The number of fused-ring (bicyclic) bond motifs is 5. The number of rotatable bonds is 8. The third kappa shape index (κ3) is 5.53. The zero-order chi connectivity index (χ0) is 32.8. The van der Waals surface area contributed by atoms with Gasteiger partial charge < -0.3 is 29.7 Å². The van der Waals surface area contributed by atoms with E-state index in [0.29, 0.717) is 25.7 Å². The van der Waals surface area contributed by atoms with Crippen molar-refractivity contribution in [2.24, 2.45) is 0 Å². The van der Waals surface area contributed by atoms with Crippen LogP contribution in [0.1, 0.15) is 45.4 Å². The van der Waals surface area contributed by atoms with E-state index in [1.165, 1.54) is 12.8 Å². The number of urea groups is 1. The van der Waals surface area contributed by atoms with E-state index < -0.39 is 5.97 Å². The monoisotopic (exact) mass is 650 g/mol. The molecule has 4 saturated heterocycles. The number of carbonyl (C=O) groups excluding carboxylic acids is 2. The van der Waals surface area contributed by atoms with Crippen LogP contribution >= 0.6 is 0 Å². The SMILES string of the molecule is CCOC(=O)CNC(=O)N1C2CCC1CN(c1nc(OCC34CCCN3CCC4)nc3cc(-c4cc(O)cc5ccccc45)ccc13)C2. The van der Waals surface area contributed by atoms with Gasteiger partial charge in [-0.2, -0.15) is 9.97 Å². The van der Waals surface area contributed by atoms with Crippen LogP contribution in [-0.4, -0.2) is 100 Å². The number of hydrogen-bond acceptors (Lipinski definition) is 9. The van der Waals surface area contributed by atoms with Gasteiger partial charge in [0.15, 0.2) is 0 Å². The van der Waals surface area contributed by atoms with Crippen LogP contribution < -0.4 is 15.0 Å². The standard InChI is InChI=1S/C37H42N6O5/c1-2-47-33(45)20-38-36(46)43-26-10-11-27(43)22-41(21-26)34-30-12-9-25(31-19-28(44)17-24-7-3-4-8-29(24)31)18-32(30)39-35(40-34)48-23-37-13-5-15-42(37)16-6-14-37/h3-4,7-9,12,17-19,26-27,44H,2,5-6,10-11,13-16,20-23H2,1H3,(H,38,46). The first-order valence-electron chi connectivity index (χ1n) is 17.3. The quantitative estimate of drug-likeness (QED) is 0.251. The molecular weight excluding hydrogens is 608 g/mol. The maximum atomic E-state index is 13.2.